The van der Waals surface area contributed by atoms with E-state index in [1.165, 1.54) is 12.3 Å². The highest BCUT2D eigenvalue weighted by molar-refractivity contribution is 7.89. The molecule has 0 amide bonds. The summed E-state index contributed by atoms with van der Waals surface area (Å²) in [6.07, 6.45) is 5.44. The maximum atomic E-state index is 12.3. The summed E-state index contributed by atoms with van der Waals surface area (Å²) in [4.78, 5) is 7.23. The molecule has 1 atom stereocenters. The third kappa shape index (κ3) is 3.03. The highest BCUT2D eigenvalue weighted by atomic mass is 32.2. The molecule has 5 nitrogen and oxygen atoms in total. The van der Waals surface area contributed by atoms with E-state index >= 15 is 0 Å². The molecule has 0 aliphatic carbocycles. The number of H-pyrrole nitrogens is 1. The number of rotatable bonds is 5. The number of sulfonamides is 1. The Labute approximate surface area is 129 Å². The van der Waals surface area contributed by atoms with Gasteiger partial charge in [0.2, 0.25) is 10.0 Å². The highest BCUT2D eigenvalue weighted by Crippen LogP contribution is 2.19. The fourth-order valence-electron chi connectivity index (χ4n) is 2.51. The number of aromatic amines is 1. The Morgan fingerprint density at radius 2 is 2.05 bits per heavy atom. The third-order valence-corrected chi connectivity index (χ3v) is 5.08. The van der Waals surface area contributed by atoms with Gasteiger partial charge in [-0.05, 0) is 37.1 Å². The van der Waals surface area contributed by atoms with Gasteiger partial charge < -0.3 is 4.98 Å². The van der Waals surface area contributed by atoms with Crippen LogP contribution >= 0.6 is 0 Å². The number of aromatic nitrogens is 2. The van der Waals surface area contributed by atoms with Crippen LogP contribution in [-0.2, 0) is 16.4 Å². The molecule has 2 N–H and O–H groups in total. The molecule has 0 spiro atoms. The largest absolute Gasteiger partial charge is 0.361 e. The topological polar surface area (TPSA) is 74.8 Å². The lowest BCUT2D eigenvalue weighted by atomic mass is 10.1. The third-order valence-electron chi connectivity index (χ3n) is 3.50. The second-order valence-corrected chi connectivity index (χ2v) is 6.99. The summed E-state index contributed by atoms with van der Waals surface area (Å²) in [5, 5.41) is 1.12. The lowest BCUT2D eigenvalue weighted by Crippen LogP contribution is -2.34. The molecule has 0 fully saturated rings. The van der Waals surface area contributed by atoms with E-state index < -0.39 is 10.0 Å². The molecule has 2 heterocycles. The minimum absolute atomic E-state index is 0.181. The molecule has 2 aromatic heterocycles. The summed E-state index contributed by atoms with van der Waals surface area (Å²) in [7, 11) is -3.54. The van der Waals surface area contributed by atoms with Crippen LogP contribution in [0.1, 0.15) is 12.5 Å². The fourth-order valence-corrected chi connectivity index (χ4v) is 3.72. The minimum atomic E-state index is -3.54. The number of hydrogen-bond donors (Lipinski definition) is 2. The summed E-state index contributed by atoms with van der Waals surface area (Å²) in [5.74, 6) is 0. The summed E-state index contributed by atoms with van der Waals surface area (Å²) < 4.78 is 27.2. The van der Waals surface area contributed by atoms with Crippen LogP contribution in [0, 0.1) is 0 Å². The zero-order valence-electron chi connectivity index (χ0n) is 12.2. The first kappa shape index (κ1) is 14.7. The molecule has 0 radical (unpaired) electrons. The quantitative estimate of drug-likeness (QED) is 0.759. The fraction of sp³-hybridized carbons (Fsp3) is 0.188. The van der Waals surface area contributed by atoms with Crippen molar-refractivity contribution in [2.75, 3.05) is 0 Å². The van der Waals surface area contributed by atoms with Gasteiger partial charge in [-0.25, -0.2) is 13.1 Å². The van der Waals surface area contributed by atoms with Crippen LogP contribution in [0.2, 0.25) is 0 Å². The Hall–Kier alpha value is -2.18. The van der Waals surface area contributed by atoms with Gasteiger partial charge in [-0.2, -0.15) is 0 Å². The summed E-state index contributed by atoms with van der Waals surface area (Å²) in [5.41, 5.74) is 2.15. The van der Waals surface area contributed by atoms with Crippen molar-refractivity contribution in [1.29, 1.82) is 0 Å². The first-order valence-electron chi connectivity index (χ1n) is 7.03. The molecule has 1 unspecified atom stereocenters. The van der Waals surface area contributed by atoms with Crippen LogP contribution in [-0.4, -0.2) is 24.4 Å². The molecule has 0 aliphatic rings. The van der Waals surface area contributed by atoms with Crippen molar-refractivity contribution in [2.45, 2.75) is 24.3 Å². The van der Waals surface area contributed by atoms with E-state index in [4.69, 9.17) is 0 Å². The molecule has 0 saturated carbocycles. The van der Waals surface area contributed by atoms with Crippen molar-refractivity contribution in [3.63, 3.8) is 0 Å². The standard InChI is InChI=1S/C16H17N3O2S/c1-12(19-22(20,21)14-5-4-8-17-11-14)9-13-10-18-16-7-3-2-6-15(13)16/h2-8,10-12,18-19H,9H2,1H3. The van der Waals surface area contributed by atoms with Crippen LogP contribution < -0.4 is 4.72 Å². The number of nitrogens with zero attached hydrogens (tertiary/aromatic N) is 1. The number of fused-ring (bicyclic) bond motifs is 1. The monoisotopic (exact) mass is 315 g/mol. The first-order valence-corrected chi connectivity index (χ1v) is 8.52. The Morgan fingerprint density at radius 3 is 2.82 bits per heavy atom. The Balaban J connectivity index is 1.77. The van der Waals surface area contributed by atoms with Gasteiger partial charge in [0.1, 0.15) is 4.90 Å². The van der Waals surface area contributed by atoms with Crippen molar-refractivity contribution in [3.05, 3.63) is 60.6 Å². The average Bonchev–Trinajstić information content (AvgIpc) is 2.91. The summed E-state index contributed by atoms with van der Waals surface area (Å²) >= 11 is 0. The Kier molecular flexibility index (Phi) is 3.96. The van der Waals surface area contributed by atoms with Crippen molar-refractivity contribution < 1.29 is 8.42 Å². The van der Waals surface area contributed by atoms with Crippen LogP contribution in [0.5, 0.6) is 0 Å². The number of nitrogens with one attached hydrogen (secondary N) is 2. The molecule has 114 valence electrons. The predicted molar refractivity (Wildman–Crippen MR) is 86.0 cm³/mol. The van der Waals surface area contributed by atoms with Crippen molar-refractivity contribution in [3.8, 4) is 0 Å². The van der Waals surface area contributed by atoms with Gasteiger partial charge in [-0.1, -0.05) is 18.2 Å². The van der Waals surface area contributed by atoms with Gasteiger partial charge in [0, 0.05) is 35.5 Å². The lowest BCUT2D eigenvalue weighted by molar-refractivity contribution is 0.560. The van der Waals surface area contributed by atoms with E-state index in [1.807, 2.05) is 37.4 Å². The molecule has 3 rings (SSSR count). The molecule has 6 heteroatoms. The maximum absolute atomic E-state index is 12.3. The van der Waals surface area contributed by atoms with E-state index in [0.717, 1.165) is 16.5 Å². The number of para-hydroxylation sites is 1. The second-order valence-electron chi connectivity index (χ2n) is 5.27. The van der Waals surface area contributed by atoms with Crippen molar-refractivity contribution in [2.24, 2.45) is 0 Å². The average molecular weight is 315 g/mol. The predicted octanol–water partition coefficient (Wildman–Crippen LogP) is 2.47. The number of pyridine rings is 1. The van der Waals surface area contributed by atoms with Gasteiger partial charge in [0.15, 0.2) is 0 Å². The molecule has 3 aromatic rings. The molecule has 0 saturated heterocycles. The van der Waals surface area contributed by atoms with E-state index in [0.29, 0.717) is 6.42 Å². The Bertz CT molecular complexity index is 873. The van der Waals surface area contributed by atoms with Crippen LogP contribution in [0.15, 0.2) is 59.9 Å². The molecule has 0 bridgehead atoms. The van der Waals surface area contributed by atoms with Crippen LogP contribution in [0.25, 0.3) is 10.9 Å². The Morgan fingerprint density at radius 1 is 1.23 bits per heavy atom. The summed E-state index contributed by atoms with van der Waals surface area (Å²) in [6.45, 7) is 1.86. The molecule has 1 aromatic carbocycles. The van der Waals surface area contributed by atoms with E-state index in [-0.39, 0.29) is 10.9 Å². The van der Waals surface area contributed by atoms with E-state index in [2.05, 4.69) is 14.7 Å². The lowest BCUT2D eigenvalue weighted by Gasteiger charge is -2.13. The van der Waals surface area contributed by atoms with E-state index in [9.17, 15) is 8.42 Å². The minimum Gasteiger partial charge on any atom is -0.361 e. The van der Waals surface area contributed by atoms with Crippen LogP contribution in [0.3, 0.4) is 0 Å². The zero-order chi connectivity index (χ0) is 15.6. The second kappa shape index (κ2) is 5.90. The number of benzene rings is 1. The normalized spacial score (nSPS) is 13.3. The smallest absolute Gasteiger partial charge is 0.242 e. The van der Waals surface area contributed by atoms with E-state index in [1.54, 1.807) is 12.3 Å². The van der Waals surface area contributed by atoms with Gasteiger partial charge in [0.05, 0.1) is 0 Å². The molecule has 22 heavy (non-hydrogen) atoms. The SMILES string of the molecule is CC(Cc1c[nH]c2ccccc12)NS(=O)(=O)c1cccnc1. The van der Waals surface area contributed by atoms with Gasteiger partial charge in [-0.3, -0.25) is 4.98 Å². The highest BCUT2D eigenvalue weighted by Gasteiger charge is 2.18. The first-order chi connectivity index (χ1) is 10.6. The zero-order valence-corrected chi connectivity index (χ0v) is 13.0. The molecular formula is C16H17N3O2S. The van der Waals surface area contributed by atoms with Crippen molar-refractivity contribution in [1.82, 2.24) is 14.7 Å². The molecule has 0 aliphatic heterocycles. The summed E-state index contributed by atoms with van der Waals surface area (Å²) in [6, 6.07) is 10.9. The van der Waals surface area contributed by atoms with Crippen molar-refractivity contribution >= 4 is 20.9 Å². The van der Waals surface area contributed by atoms with Gasteiger partial charge in [0.25, 0.3) is 0 Å². The number of hydrogen-bond acceptors (Lipinski definition) is 3. The van der Waals surface area contributed by atoms with Gasteiger partial charge in [-0.15, -0.1) is 0 Å². The van der Waals surface area contributed by atoms with Gasteiger partial charge >= 0.3 is 0 Å². The van der Waals surface area contributed by atoms with Crippen LogP contribution in [0.4, 0.5) is 0 Å². The molecular weight excluding hydrogens is 298 g/mol. The maximum Gasteiger partial charge on any atom is 0.242 e.